The van der Waals surface area contributed by atoms with Gasteiger partial charge in [-0.1, -0.05) is 13.3 Å². The fourth-order valence-corrected chi connectivity index (χ4v) is 2.75. The van der Waals surface area contributed by atoms with Gasteiger partial charge >= 0.3 is 51.4 Å². The molecule has 0 saturated carbocycles. The van der Waals surface area contributed by atoms with Gasteiger partial charge in [-0.2, -0.15) is 0 Å². The predicted octanol–water partition coefficient (Wildman–Crippen LogP) is -1.43. The van der Waals surface area contributed by atoms with Crippen molar-refractivity contribution in [3.05, 3.63) is 15.7 Å². The van der Waals surface area contributed by atoms with Crippen molar-refractivity contribution in [2.75, 3.05) is 5.84 Å². The smallest absolute Gasteiger partial charge is 0.858 e. The van der Waals surface area contributed by atoms with Crippen LogP contribution in [-0.4, -0.2) is 9.66 Å². The third kappa shape index (κ3) is 2.66. The monoisotopic (exact) mass is 279 g/mol. The first-order valence-electron chi connectivity index (χ1n) is 4.61. The zero-order valence-corrected chi connectivity index (χ0v) is 13.9. The van der Waals surface area contributed by atoms with Crippen LogP contribution in [0.15, 0.2) is 6.07 Å². The summed E-state index contributed by atoms with van der Waals surface area (Å²) in [5.74, 6) is 5.21. The molecule has 0 fully saturated rings. The predicted molar refractivity (Wildman–Crippen MR) is 62.0 cm³/mol. The molecule has 0 spiro atoms. The molecule has 0 aliphatic heterocycles. The molecule has 2 heterocycles. The van der Waals surface area contributed by atoms with Crippen molar-refractivity contribution in [1.82, 2.24) is 9.66 Å². The molecule has 0 radical (unpaired) electrons. The van der Waals surface area contributed by atoms with Crippen molar-refractivity contribution in [2.45, 2.75) is 19.8 Å². The number of nitrogen functional groups attached to an aromatic ring is 1. The van der Waals surface area contributed by atoms with Crippen LogP contribution in [0.25, 0.3) is 10.2 Å². The van der Waals surface area contributed by atoms with Crippen LogP contribution in [0.4, 0.5) is 0 Å². The normalized spacial score (nSPS) is 10.3. The first kappa shape index (κ1) is 14.6. The number of nitrogens with zero attached hydrogens (tertiary/aromatic N) is 2. The fourth-order valence-electron chi connectivity index (χ4n) is 1.39. The van der Waals surface area contributed by atoms with E-state index in [1.807, 2.05) is 6.07 Å². The van der Waals surface area contributed by atoms with E-state index in [1.54, 1.807) is 0 Å². The topological polar surface area (TPSA) is 66.9 Å². The Labute approximate surface area is 145 Å². The van der Waals surface area contributed by atoms with Gasteiger partial charge < -0.3 is 10.9 Å². The number of aryl methyl sites for hydroxylation is 1. The zero-order valence-electron chi connectivity index (χ0n) is 9.19. The van der Waals surface area contributed by atoms with Gasteiger partial charge in [-0.3, -0.25) is 0 Å². The van der Waals surface area contributed by atoms with Gasteiger partial charge in [0.2, 0.25) is 4.77 Å². The maximum absolute atomic E-state index is 11.7. The quantitative estimate of drug-likeness (QED) is 0.416. The molecular weight excluding hydrogens is 269 g/mol. The minimum absolute atomic E-state index is 0. The molecule has 0 aliphatic rings. The van der Waals surface area contributed by atoms with E-state index in [-0.39, 0.29) is 62.0 Å². The molecule has 0 aromatic carbocycles. The number of aromatic nitrogens is 2. The molecule has 80 valence electrons. The average molecular weight is 279 g/mol. The number of thiophene rings is 1. The van der Waals surface area contributed by atoms with Crippen LogP contribution in [0, 0.1) is 4.77 Å². The first-order chi connectivity index (χ1) is 7.13. The van der Waals surface area contributed by atoms with Crippen LogP contribution in [0.5, 0.6) is 5.88 Å². The molecule has 0 bridgehead atoms. The summed E-state index contributed by atoms with van der Waals surface area (Å²) in [6, 6.07) is 1.86. The van der Waals surface area contributed by atoms with E-state index in [0.29, 0.717) is 10.2 Å². The van der Waals surface area contributed by atoms with Crippen LogP contribution in [0.1, 0.15) is 18.2 Å². The van der Waals surface area contributed by atoms with E-state index in [4.69, 9.17) is 18.1 Å². The van der Waals surface area contributed by atoms with Gasteiger partial charge in [0, 0.05) is 10.3 Å². The molecule has 4 nitrogen and oxygen atoms in total. The molecule has 0 atom stereocenters. The van der Waals surface area contributed by atoms with E-state index in [1.165, 1.54) is 11.3 Å². The van der Waals surface area contributed by atoms with Crippen LogP contribution >= 0.6 is 23.6 Å². The SMILES string of the molecule is CCCc1cc2c([O-])n(N)c(=S)nc2s1.[K+]. The third-order valence-electron chi connectivity index (χ3n) is 2.11. The second-order valence-electron chi connectivity index (χ2n) is 3.25. The van der Waals surface area contributed by atoms with Gasteiger partial charge in [-0.05, 0) is 30.6 Å². The summed E-state index contributed by atoms with van der Waals surface area (Å²) in [5.41, 5.74) is 0. The fraction of sp³-hybridized carbons (Fsp3) is 0.333. The molecule has 0 saturated heterocycles. The Hall–Kier alpha value is 0.496. The Bertz CT molecular complexity index is 564. The van der Waals surface area contributed by atoms with Crippen LogP contribution < -0.4 is 62.3 Å². The van der Waals surface area contributed by atoms with Gasteiger partial charge in [0.1, 0.15) is 4.83 Å². The molecule has 16 heavy (non-hydrogen) atoms. The molecule has 2 aromatic rings. The molecule has 2 rings (SSSR count). The summed E-state index contributed by atoms with van der Waals surface area (Å²) in [5, 5.41) is 12.3. The van der Waals surface area contributed by atoms with Crippen molar-refractivity contribution in [3.63, 3.8) is 0 Å². The Kier molecular flexibility index (Phi) is 5.37. The van der Waals surface area contributed by atoms with Gasteiger partial charge in [0.05, 0.1) is 0 Å². The molecule has 2 aromatic heterocycles. The second kappa shape index (κ2) is 5.90. The second-order valence-corrected chi connectivity index (χ2v) is 4.73. The van der Waals surface area contributed by atoms with Crippen molar-refractivity contribution in [3.8, 4) is 5.88 Å². The van der Waals surface area contributed by atoms with Crippen molar-refractivity contribution >= 4 is 33.8 Å². The molecule has 0 aliphatic carbocycles. The van der Waals surface area contributed by atoms with Crippen molar-refractivity contribution < 1.29 is 56.5 Å². The number of hydrogen-bond acceptors (Lipinski definition) is 5. The summed E-state index contributed by atoms with van der Waals surface area (Å²) in [6.45, 7) is 2.09. The summed E-state index contributed by atoms with van der Waals surface area (Å²) < 4.78 is 1.05. The number of rotatable bonds is 2. The van der Waals surface area contributed by atoms with Crippen molar-refractivity contribution in [2.24, 2.45) is 0 Å². The van der Waals surface area contributed by atoms with Crippen molar-refractivity contribution in [1.29, 1.82) is 0 Å². The van der Waals surface area contributed by atoms with Crippen LogP contribution in [0.2, 0.25) is 0 Å². The largest absolute Gasteiger partial charge is 1.00 e. The Morgan fingerprint density at radius 3 is 2.94 bits per heavy atom. The van der Waals surface area contributed by atoms with Gasteiger partial charge in [0.15, 0.2) is 0 Å². The molecule has 7 heteroatoms. The molecule has 2 N–H and O–H groups in total. The van der Waals surface area contributed by atoms with E-state index >= 15 is 0 Å². The minimum atomic E-state index is -0.261. The third-order valence-corrected chi connectivity index (χ3v) is 3.49. The maximum Gasteiger partial charge on any atom is 1.00 e. The Morgan fingerprint density at radius 1 is 1.62 bits per heavy atom. The average Bonchev–Trinajstić information content (AvgIpc) is 2.58. The summed E-state index contributed by atoms with van der Waals surface area (Å²) in [7, 11) is 0. The standard InChI is InChI=1S/C9H11N3OS2.K/c1-2-3-5-4-6-7(15-5)11-9(14)12(10)8(6)13;/h4,13H,2-3,10H2,1H3;/q;+1/p-1. The Balaban J connectivity index is 0.00000128. The van der Waals surface area contributed by atoms with Gasteiger partial charge in [-0.25, -0.2) is 9.66 Å². The Morgan fingerprint density at radius 2 is 2.31 bits per heavy atom. The number of nitrogens with two attached hydrogens (primary N) is 1. The molecule has 0 unspecified atom stereocenters. The summed E-state index contributed by atoms with van der Waals surface area (Å²) in [6.07, 6.45) is 2.00. The summed E-state index contributed by atoms with van der Waals surface area (Å²) >= 11 is 6.39. The van der Waals surface area contributed by atoms with E-state index in [9.17, 15) is 5.11 Å². The van der Waals surface area contributed by atoms with Gasteiger partial charge in [-0.15, -0.1) is 11.3 Å². The minimum Gasteiger partial charge on any atom is -0.858 e. The summed E-state index contributed by atoms with van der Waals surface area (Å²) in [4.78, 5) is 5.95. The first-order valence-corrected chi connectivity index (χ1v) is 5.83. The van der Waals surface area contributed by atoms with Crippen LogP contribution in [-0.2, 0) is 6.42 Å². The zero-order chi connectivity index (χ0) is 11.0. The molecule has 0 amide bonds. The molecular formula is C9H10KN3OS2. The van der Waals surface area contributed by atoms with Gasteiger partial charge in [0.25, 0.3) is 0 Å². The maximum atomic E-state index is 11.7. The van der Waals surface area contributed by atoms with E-state index in [0.717, 1.165) is 22.4 Å². The number of fused-ring (bicyclic) bond motifs is 1. The number of hydrogen-bond donors (Lipinski definition) is 1. The van der Waals surface area contributed by atoms with E-state index < -0.39 is 0 Å². The van der Waals surface area contributed by atoms with E-state index in [2.05, 4.69) is 11.9 Å². The van der Waals surface area contributed by atoms with Crippen LogP contribution in [0.3, 0.4) is 0 Å².